The molecule has 0 unspecified atom stereocenters. The van der Waals surface area contributed by atoms with Crippen LogP contribution < -0.4 is 4.74 Å². The molecule has 0 atom stereocenters. The second-order valence-electron chi connectivity index (χ2n) is 4.88. The van der Waals surface area contributed by atoms with Crippen LogP contribution in [0.3, 0.4) is 0 Å². The van der Waals surface area contributed by atoms with Crippen molar-refractivity contribution in [3.63, 3.8) is 0 Å². The largest absolute Gasteiger partial charge is 0.494 e. The van der Waals surface area contributed by atoms with E-state index in [0.717, 1.165) is 25.0 Å². The van der Waals surface area contributed by atoms with Gasteiger partial charge in [-0.05, 0) is 43.9 Å². The van der Waals surface area contributed by atoms with Gasteiger partial charge in [0.15, 0.2) is 5.78 Å². The van der Waals surface area contributed by atoms with Gasteiger partial charge in [-0.2, -0.15) is 0 Å². The van der Waals surface area contributed by atoms with Crippen molar-refractivity contribution < 1.29 is 9.53 Å². The highest BCUT2D eigenvalue weighted by atomic mass is 16.5. The predicted octanol–water partition coefficient (Wildman–Crippen LogP) is 4.29. The van der Waals surface area contributed by atoms with Crippen molar-refractivity contribution in [2.75, 3.05) is 6.61 Å². The van der Waals surface area contributed by atoms with E-state index < -0.39 is 0 Å². The number of Topliss-reactive ketones (excluding diaryl/α,β-unsaturated/α-hetero) is 1. The quantitative estimate of drug-likeness (QED) is 0.553. The summed E-state index contributed by atoms with van der Waals surface area (Å²) in [4.78, 5) is 11.3. The Balaban J connectivity index is 1.71. The molecule has 2 heteroatoms. The van der Waals surface area contributed by atoms with Crippen LogP contribution in [0, 0.1) is 0 Å². The Bertz CT molecular complexity index is 546. The Hall–Kier alpha value is -2.09. The smallest absolute Gasteiger partial charge is 0.159 e. The van der Waals surface area contributed by atoms with Crippen LogP contribution in [0.5, 0.6) is 5.75 Å². The first kappa shape index (κ1) is 14.3. The van der Waals surface area contributed by atoms with Gasteiger partial charge in [-0.3, -0.25) is 4.79 Å². The summed E-state index contributed by atoms with van der Waals surface area (Å²) in [6, 6.07) is 17.8. The highest BCUT2D eigenvalue weighted by Crippen LogP contribution is 2.14. The molecule has 0 fully saturated rings. The van der Waals surface area contributed by atoms with Gasteiger partial charge in [0, 0.05) is 5.56 Å². The Kier molecular flexibility index (Phi) is 5.36. The van der Waals surface area contributed by atoms with Gasteiger partial charge < -0.3 is 4.74 Å². The third-order valence-electron chi connectivity index (χ3n) is 3.21. The van der Waals surface area contributed by atoms with Crippen molar-refractivity contribution in [1.82, 2.24) is 0 Å². The third kappa shape index (κ3) is 4.54. The first-order valence-corrected chi connectivity index (χ1v) is 7.03. The molecule has 0 heterocycles. The zero-order chi connectivity index (χ0) is 14.2. The van der Waals surface area contributed by atoms with Crippen LogP contribution in [-0.4, -0.2) is 12.4 Å². The second kappa shape index (κ2) is 7.49. The monoisotopic (exact) mass is 268 g/mol. The Morgan fingerprint density at radius 2 is 1.80 bits per heavy atom. The number of aryl methyl sites for hydroxylation is 1. The van der Waals surface area contributed by atoms with Crippen molar-refractivity contribution in [1.29, 1.82) is 0 Å². The number of carbonyl (C=O) groups is 1. The molecule has 0 saturated carbocycles. The lowest BCUT2D eigenvalue weighted by Gasteiger charge is -2.07. The highest BCUT2D eigenvalue weighted by molar-refractivity contribution is 5.94. The molecule has 0 N–H and O–H groups in total. The molecule has 0 aliphatic carbocycles. The van der Waals surface area contributed by atoms with Gasteiger partial charge >= 0.3 is 0 Å². The molecule has 2 aromatic rings. The number of rotatable bonds is 7. The van der Waals surface area contributed by atoms with Gasteiger partial charge in [0.25, 0.3) is 0 Å². The third-order valence-corrected chi connectivity index (χ3v) is 3.21. The molecule has 2 nitrogen and oxygen atoms in total. The number of hydrogen-bond donors (Lipinski definition) is 0. The molecular formula is C18H20O2. The maximum Gasteiger partial charge on any atom is 0.159 e. The summed E-state index contributed by atoms with van der Waals surface area (Å²) in [6.45, 7) is 2.26. The van der Waals surface area contributed by atoms with E-state index in [0.29, 0.717) is 12.2 Å². The van der Waals surface area contributed by atoms with E-state index in [1.165, 1.54) is 5.56 Å². The van der Waals surface area contributed by atoms with Gasteiger partial charge in [0.1, 0.15) is 5.75 Å². The topological polar surface area (TPSA) is 26.3 Å². The van der Waals surface area contributed by atoms with Crippen molar-refractivity contribution in [2.24, 2.45) is 0 Å². The van der Waals surface area contributed by atoms with Crippen molar-refractivity contribution >= 4 is 5.78 Å². The number of hydrogen-bond acceptors (Lipinski definition) is 2. The molecule has 0 radical (unpaired) electrons. The fourth-order valence-corrected chi connectivity index (χ4v) is 2.07. The Morgan fingerprint density at radius 1 is 1.00 bits per heavy atom. The van der Waals surface area contributed by atoms with Crippen molar-refractivity contribution in [3.05, 3.63) is 65.7 Å². The van der Waals surface area contributed by atoms with Gasteiger partial charge in [-0.1, -0.05) is 42.5 Å². The molecule has 2 aromatic carbocycles. The normalized spacial score (nSPS) is 10.2. The maximum absolute atomic E-state index is 11.3. The second-order valence-corrected chi connectivity index (χ2v) is 4.88. The van der Waals surface area contributed by atoms with Gasteiger partial charge in [-0.25, -0.2) is 0 Å². The number of benzene rings is 2. The zero-order valence-corrected chi connectivity index (χ0v) is 11.8. The van der Waals surface area contributed by atoms with Gasteiger partial charge in [-0.15, -0.1) is 0 Å². The molecular weight excluding hydrogens is 248 g/mol. The Morgan fingerprint density at radius 3 is 2.55 bits per heavy atom. The van der Waals surface area contributed by atoms with Gasteiger partial charge in [0.2, 0.25) is 0 Å². The minimum atomic E-state index is 0.0690. The zero-order valence-electron chi connectivity index (χ0n) is 11.8. The highest BCUT2D eigenvalue weighted by Gasteiger charge is 2.01. The van der Waals surface area contributed by atoms with E-state index in [1.807, 2.05) is 24.3 Å². The molecule has 0 aliphatic heterocycles. The standard InChI is InChI=1S/C18H20O2/c1-15(19)17-11-7-12-18(14-17)20-13-6-5-10-16-8-3-2-4-9-16/h2-4,7-9,11-12,14H,5-6,10,13H2,1H3. The number of carbonyl (C=O) groups excluding carboxylic acids is 1. The molecule has 0 amide bonds. The first-order chi connectivity index (χ1) is 9.75. The fourth-order valence-electron chi connectivity index (χ4n) is 2.07. The summed E-state index contributed by atoms with van der Waals surface area (Å²) >= 11 is 0. The summed E-state index contributed by atoms with van der Waals surface area (Å²) in [7, 11) is 0. The van der Waals surface area contributed by atoms with E-state index in [4.69, 9.17) is 4.74 Å². The molecule has 0 spiro atoms. The summed E-state index contributed by atoms with van der Waals surface area (Å²) < 4.78 is 5.68. The van der Waals surface area contributed by atoms with Crippen LogP contribution in [-0.2, 0) is 6.42 Å². The minimum Gasteiger partial charge on any atom is -0.494 e. The summed E-state index contributed by atoms with van der Waals surface area (Å²) in [5, 5.41) is 0. The van der Waals surface area contributed by atoms with E-state index in [9.17, 15) is 4.79 Å². The predicted molar refractivity (Wildman–Crippen MR) is 81.3 cm³/mol. The van der Waals surface area contributed by atoms with E-state index in [2.05, 4.69) is 24.3 Å². The molecule has 0 saturated heterocycles. The lowest BCUT2D eigenvalue weighted by molar-refractivity contribution is 0.101. The fraction of sp³-hybridized carbons (Fsp3) is 0.278. The molecule has 104 valence electrons. The van der Waals surface area contributed by atoms with E-state index in [-0.39, 0.29) is 5.78 Å². The maximum atomic E-state index is 11.3. The van der Waals surface area contributed by atoms with E-state index in [1.54, 1.807) is 13.0 Å². The van der Waals surface area contributed by atoms with Crippen LogP contribution >= 0.6 is 0 Å². The van der Waals surface area contributed by atoms with Crippen LogP contribution in [0.1, 0.15) is 35.7 Å². The molecule has 2 rings (SSSR count). The SMILES string of the molecule is CC(=O)c1cccc(OCCCCc2ccccc2)c1. The molecule has 0 aromatic heterocycles. The summed E-state index contributed by atoms with van der Waals surface area (Å²) in [6.07, 6.45) is 3.20. The molecule has 0 bridgehead atoms. The average Bonchev–Trinajstić information content (AvgIpc) is 2.48. The first-order valence-electron chi connectivity index (χ1n) is 7.03. The molecule has 0 aliphatic rings. The average molecular weight is 268 g/mol. The van der Waals surface area contributed by atoms with Crippen LogP contribution in [0.2, 0.25) is 0 Å². The van der Waals surface area contributed by atoms with E-state index >= 15 is 0 Å². The molecule has 20 heavy (non-hydrogen) atoms. The Labute approximate surface area is 120 Å². The lowest BCUT2D eigenvalue weighted by atomic mass is 10.1. The number of unbranched alkanes of at least 4 members (excludes halogenated alkanes) is 1. The summed E-state index contributed by atoms with van der Waals surface area (Å²) in [5.41, 5.74) is 2.07. The van der Waals surface area contributed by atoms with Crippen LogP contribution in [0.25, 0.3) is 0 Å². The van der Waals surface area contributed by atoms with Crippen molar-refractivity contribution in [3.8, 4) is 5.75 Å². The summed E-state index contributed by atoms with van der Waals surface area (Å²) in [5.74, 6) is 0.844. The minimum absolute atomic E-state index is 0.0690. The van der Waals surface area contributed by atoms with Crippen LogP contribution in [0.15, 0.2) is 54.6 Å². The van der Waals surface area contributed by atoms with Crippen LogP contribution in [0.4, 0.5) is 0 Å². The van der Waals surface area contributed by atoms with Gasteiger partial charge in [0.05, 0.1) is 6.61 Å². The lowest BCUT2D eigenvalue weighted by Crippen LogP contribution is -2.00. The number of ether oxygens (including phenoxy) is 1. The number of ketones is 1. The van der Waals surface area contributed by atoms with Crippen molar-refractivity contribution in [2.45, 2.75) is 26.2 Å².